The third-order valence-corrected chi connectivity index (χ3v) is 3.11. The molecule has 1 rings (SSSR count). The molecule has 0 heterocycles. The predicted octanol–water partition coefficient (Wildman–Crippen LogP) is 2.89. The normalized spacial score (nSPS) is 15.1. The summed E-state index contributed by atoms with van der Waals surface area (Å²) in [7, 11) is 1.21. The van der Waals surface area contributed by atoms with Gasteiger partial charge in [-0.1, -0.05) is 22.0 Å². The minimum atomic E-state index is -4.48. The summed E-state index contributed by atoms with van der Waals surface area (Å²) in [4.78, 5) is 0. The van der Waals surface area contributed by atoms with Crippen molar-refractivity contribution in [2.24, 2.45) is 0 Å². The van der Waals surface area contributed by atoms with Gasteiger partial charge in [0.05, 0.1) is 18.8 Å². The van der Waals surface area contributed by atoms with Gasteiger partial charge in [-0.25, -0.2) is 0 Å². The van der Waals surface area contributed by atoms with E-state index in [4.69, 9.17) is 4.74 Å². The first-order valence-corrected chi connectivity index (χ1v) is 6.60. The number of benzene rings is 1. The van der Waals surface area contributed by atoms with Gasteiger partial charge in [0.25, 0.3) is 0 Å². The highest BCUT2D eigenvalue weighted by Crippen LogP contribution is 2.36. The summed E-state index contributed by atoms with van der Waals surface area (Å²) in [5.74, 6) is -0.101. The standard InChI is InChI=1S/C12H14BrF3O3/c1-19-10-6-7(12(14,15)16)2-3-8(10)11(18)9(17)4-5-13/h2-3,6,9,11,17-18H,4-5H2,1H3. The predicted molar refractivity (Wildman–Crippen MR) is 67.4 cm³/mol. The zero-order valence-electron chi connectivity index (χ0n) is 10.1. The second-order valence-corrected chi connectivity index (χ2v) is 4.74. The van der Waals surface area contributed by atoms with Crippen molar-refractivity contribution in [3.63, 3.8) is 0 Å². The lowest BCUT2D eigenvalue weighted by Gasteiger charge is -2.20. The van der Waals surface area contributed by atoms with Crippen LogP contribution >= 0.6 is 15.9 Å². The average molecular weight is 343 g/mol. The summed E-state index contributed by atoms with van der Waals surface area (Å²) < 4.78 is 42.5. The van der Waals surface area contributed by atoms with Crippen LogP contribution in [0.25, 0.3) is 0 Å². The van der Waals surface area contributed by atoms with Gasteiger partial charge in [0, 0.05) is 10.9 Å². The van der Waals surface area contributed by atoms with Crippen LogP contribution in [0.5, 0.6) is 5.75 Å². The summed E-state index contributed by atoms with van der Waals surface area (Å²) in [5.41, 5.74) is -0.737. The van der Waals surface area contributed by atoms with Gasteiger partial charge in [0.1, 0.15) is 11.9 Å². The summed E-state index contributed by atoms with van der Waals surface area (Å²) in [6, 6.07) is 2.77. The van der Waals surface area contributed by atoms with Crippen LogP contribution in [0.2, 0.25) is 0 Å². The highest BCUT2D eigenvalue weighted by atomic mass is 79.9. The highest BCUT2D eigenvalue weighted by molar-refractivity contribution is 9.09. The number of rotatable bonds is 5. The maximum Gasteiger partial charge on any atom is 0.416 e. The summed E-state index contributed by atoms with van der Waals surface area (Å²) >= 11 is 3.11. The van der Waals surface area contributed by atoms with E-state index < -0.39 is 23.9 Å². The topological polar surface area (TPSA) is 49.7 Å². The molecule has 2 unspecified atom stereocenters. The van der Waals surface area contributed by atoms with Crippen LogP contribution in [0.15, 0.2) is 18.2 Å². The van der Waals surface area contributed by atoms with E-state index in [1.165, 1.54) is 7.11 Å². The largest absolute Gasteiger partial charge is 0.496 e. The zero-order valence-corrected chi connectivity index (χ0v) is 11.7. The van der Waals surface area contributed by atoms with Gasteiger partial charge in [-0.2, -0.15) is 13.2 Å². The van der Waals surface area contributed by atoms with Crippen LogP contribution in [-0.2, 0) is 6.18 Å². The maximum atomic E-state index is 12.5. The third kappa shape index (κ3) is 4.09. The van der Waals surface area contributed by atoms with Gasteiger partial charge in [0.2, 0.25) is 0 Å². The molecule has 3 nitrogen and oxygen atoms in total. The Morgan fingerprint density at radius 3 is 2.42 bits per heavy atom. The second kappa shape index (κ2) is 6.58. The van der Waals surface area contributed by atoms with E-state index in [1.807, 2.05) is 0 Å². The molecular formula is C12H14BrF3O3. The molecule has 0 radical (unpaired) electrons. The van der Waals surface area contributed by atoms with Crippen molar-refractivity contribution in [2.75, 3.05) is 12.4 Å². The number of alkyl halides is 4. The minimum absolute atomic E-state index is 0.101. The van der Waals surface area contributed by atoms with Crippen molar-refractivity contribution in [1.82, 2.24) is 0 Å². The van der Waals surface area contributed by atoms with E-state index >= 15 is 0 Å². The number of ether oxygens (including phenoxy) is 1. The van der Waals surface area contributed by atoms with Crippen molar-refractivity contribution < 1.29 is 28.1 Å². The molecule has 0 bridgehead atoms. The van der Waals surface area contributed by atoms with Gasteiger partial charge in [-0.15, -0.1) is 0 Å². The maximum absolute atomic E-state index is 12.5. The number of aliphatic hydroxyl groups excluding tert-OH is 2. The summed E-state index contributed by atoms with van der Waals surface area (Å²) in [6.07, 6.45) is -6.59. The van der Waals surface area contributed by atoms with Crippen LogP contribution < -0.4 is 4.74 Å². The zero-order chi connectivity index (χ0) is 14.6. The van der Waals surface area contributed by atoms with Crippen LogP contribution in [-0.4, -0.2) is 28.8 Å². The Bertz CT molecular complexity index is 423. The van der Waals surface area contributed by atoms with Crippen molar-refractivity contribution in [2.45, 2.75) is 24.8 Å². The summed E-state index contributed by atoms with van der Waals surface area (Å²) in [5, 5.41) is 20.0. The van der Waals surface area contributed by atoms with Crippen molar-refractivity contribution in [3.05, 3.63) is 29.3 Å². The molecule has 108 valence electrons. The molecule has 0 aliphatic heterocycles. The number of hydrogen-bond acceptors (Lipinski definition) is 3. The third-order valence-electron chi connectivity index (χ3n) is 2.65. The van der Waals surface area contributed by atoms with E-state index in [-0.39, 0.29) is 17.7 Å². The Kier molecular flexibility index (Phi) is 5.64. The van der Waals surface area contributed by atoms with Crippen molar-refractivity contribution in [1.29, 1.82) is 0 Å². The second-order valence-electron chi connectivity index (χ2n) is 3.94. The van der Waals surface area contributed by atoms with E-state index in [2.05, 4.69) is 15.9 Å². The quantitative estimate of drug-likeness (QED) is 0.809. The van der Waals surface area contributed by atoms with Crippen LogP contribution in [0.1, 0.15) is 23.7 Å². The smallest absolute Gasteiger partial charge is 0.416 e. The van der Waals surface area contributed by atoms with E-state index in [0.717, 1.165) is 18.2 Å². The molecule has 2 atom stereocenters. The molecular weight excluding hydrogens is 329 g/mol. The van der Waals surface area contributed by atoms with E-state index in [0.29, 0.717) is 5.33 Å². The molecule has 0 saturated heterocycles. The minimum Gasteiger partial charge on any atom is -0.496 e. The molecule has 0 spiro atoms. The van der Waals surface area contributed by atoms with Gasteiger partial charge in [-0.05, 0) is 18.6 Å². The molecule has 2 N–H and O–H groups in total. The lowest BCUT2D eigenvalue weighted by Crippen LogP contribution is -2.19. The fourth-order valence-electron chi connectivity index (χ4n) is 1.61. The van der Waals surface area contributed by atoms with Gasteiger partial charge in [-0.3, -0.25) is 0 Å². The number of halogens is 4. The fourth-order valence-corrected chi connectivity index (χ4v) is 2.08. The first-order chi connectivity index (χ1) is 8.81. The average Bonchev–Trinajstić information content (AvgIpc) is 2.36. The van der Waals surface area contributed by atoms with Crippen molar-refractivity contribution in [3.8, 4) is 5.75 Å². The summed E-state index contributed by atoms with van der Waals surface area (Å²) in [6.45, 7) is 0. The molecule has 0 amide bonds. The number of methoxy groups -OCH3 is 1. The van der Waals surface area contributed by atoms with Crippen LogP contribution in [0.3, 0.4) is 0 Å². The monoisotopic (exact) mass is 342 g/mol. The highest BCUT2D eigenvalue weighted by Gasteiger charge is 2.32. The first-order valence-electron chi connectivity index (χ1n) is 5.48. The van der Waals surface area contributed by atoms with Crippen molar-refractivity contribution >= 4 is 15.9 Å². The molecule has 7 heteroatoms. The van der Waals surface area contributed by atoms with Crippen LogP contribution in [0.4, 0.5) is 13.2 Å². The van der Waals surface area contributed by atoms with Gasteiger partial charge < -0.3 is 14.9 Å². The lowest BCUT2D eigenvalue weighted by molar-refractivity contribution is -0.137. The van der Waals surface area contributed by atoms with Gasteiger partial charge in [0.15, 0.2) is 0 Å². The Labute approximate surface area is 117 Å². The van der Waals surface area contributed by atoms with E-state index in [1.54, 1.807) is 0 Å². The fraction of sp³-hybridized carbons (Fsp3) is 0.500. The van der Waals surface area contributed by atoms with Crippen LogP contribution in [0, 0.1) is 0 Å². The Morgan fingerprint density at radius 2 is 1.95 bits per heavy atom. The molecule has 1 aromatic rings. The SMILES string of the molecule is COc1cc(C(F)(F)F)ccc1C(O)C(O)CCBr. The molecule has 0 aliphatic rings. The lowest BCUT2D eigenvalue weighted by atomic mass is 10.00. The molecule has 19 heavy (non-hydrogen) atoms. The first kappa shape index (κ1) is 16.3. The molecule has 0 aromatic heterocycles. The number of aliphatic hydroxyl groups is 2. The van der Waals surface area contributed by atoms with E-state index in [9.17, 15) is 23.4 Å². The Balaban J connectivity index is 3.09. The molecule has 0 aliphatic carbocycles. The molecule has 0 saturated carbocycles. The Hall–Kier alpha value is -0.790. The molecule has 1 aromatic carbocycles. The molecule has 0 fully saturated rings. The van der Waals surface area contributed by atoms with Gasteiger partial charge >= 0.3 is 6.18 Å². The Morgan fingerprint density at radius 1 is 1.32 bits per heavy atom. The number of hydrogen-bond donors (Lipinski definition) is 2.